The van der Waals surface area contributed by atoms with E-state index in [0.717, 1.165) is 11.3 Å². The molecule has 0 aliphatic rings. The Bertz CT molecular complexity index is 1070. The molecule has 30 heavy (non-hydrogen) atoms. The molecule has 0 unspecified atom stereocenters. The van der Waals surface area contributed by atoms with Gasteiger partial charge >= 0.3 is 5.97 Å². The summed E-state index contributed by atoms with van der Waals surface area (Å²) in [6.45, 7) is 3.31. The summed E-state index contributed by atoms with van der Waals surface area (Å²) in [5, 5.41) is 4.45. The fraction of sp³-hybridized carbons (Fsp3) is 0.174. The summed E-state index contributed by atoms with van der Waals surface area (Å²) in [6, 6.07) is 15.1. The van der Waals surface area contributed by atoms with Gasteiger partial charge in [-0.15, -0.1) is 0 Å². The molecular formula is C23H22FN3O3. The molecule has 0 fully saturated rings. The normalized spacial score (nSPS) is 10.9. The second-order valence-electron chi connectivity index (χ2n) is 6.70. The number of para-hydroxylation sites is 1. The number of amides is 1. The van der Waals surface area contributed by atoms with Crippen molar-refractivity contribution in [3.8, 4) is 5.69 Å². The Balaban J connectivity index is 1.64. The van der Waals surface area contributed by atoms with Crippen LogP contribution in [0.15, 0.2) is 60.7 Å². The van der Waals surface area contributed by atoms with Crippen molar-refractivity contribution in [1.29, 1.82) is 0 Å². The van der Waals surface area contributed by atoms with Crippen molar-refractivity contribution in [1.82, 2.24) is 9.78 Å². The van der Waals surface area contributed by atoms with E-state index in [1.165, 1.54) is 23.1 Å². The van der Waals surface area contributed by atoms with E-state index >= 15 is 0 Å². The Labute approximate surface area is 174 Å². The van der Waals surface area contributed by atoms with E-state index in [9.17, 15) is 14.0 Å². The number of aromatic nitrogens is 2. The van der Waals surface area contributed by atoms with E-state index < -0.39 is 5.97 Å². The van der Waals surface area contributed by atoms with Gasteiger partial charge in [-0.3, -0.25) is 4.79 Å². The number of carbonyl (C=O) groups excluding carboxylic acids is 2. The maximum Gasteiger partial charge on any atom is 0.331 e. The van der Waals surface area contributed by atoms with Gasteiger partial charge in [-0.25, -0.2) is 13.9 Å². The van der Waals surface area contributed by atoms with E-state index in [-0.39, 0.29) is 18.3 Å². The number of benzene rings is 2. The molecule has 0 N–H and O–H groups in total. The number of rotatable bonds is 6. The molecule has 1 aromatic heterocycles. The number of hydrogen-bond donors (Lipinski definition) is 0. The third kappa shape index (κ3) is 4.81. The highest BCUT2D eigenvalue weighted by Gasteiger charge is 2.14. The lowest BCUT2D eigenvalue weighted by Gasteiger charge is -2.16. The molecular weight excluding hydrogens is 385 g/mol. The number of nitrogens with zero attached hydrogens (tertiary/aromatic N) is 3. The van der Waals surface area contributed by atoms with E-state index in [2.05, 4.69) is 5.10 Å². The SMILES string of the molecule is Cc1nn(-c2ccc(F)cc2)c(C)c1/C=C/C(=O)OCC(=O)N(C)c1ccccc1. The van der Waals surface area contributed by atoms with Gasteiger partial charge in [0.25, 0.3) is 5.91 Å². The minimum absolute atomic E-state index is 0.324. The lowest BCUT2D eigenvalue weighted by Crippen LogP contribution is -2.30. The third-order valence-corrected chi connectivity index (χ3v) is 4.66. The van der Waals surface area contributed by atoms with Crippen LogP contribution in [0.2, 0.25) is 0 Å². The van der Waals surface area contributed by atoms with E-state index in [1.54, 1.807) is 42.1 Å². The predicted molar refractivity (Wildman–Crippen MR) is 113 cm³/mol. The van der Waals surface area contributed by atoms with Crippen LogP contribution >= 0.6 is 0 Å². The van der Waals surface area contributed by atoms with Crippen molar-refractivity contribution in [3.05, 3.63) is 83.4 Å². The van der Waals surface area contributed by atoms with Crippen molar-refractivity contribution < 1.29 is 18.7 Å². The zero-order valence-electron chi connectivity index (χ0n) is 17.0. The van der Waals surface area contributed by atoms with Crippen LogP contribution in [0.25, 0.3) is 11.8 Å². The average molecular weight is 407 g/mol. The maximum absolute atomic E-state index is 13.2. The van der Waals surface area contributed by atoms with Gasteiger partial charge in [-0.2, -0.15) is 5.10 Å². The largest absolute Gasteiger partial charge is 0.452 e. The van der Waals surface area contributed by atoms with Crippen LogP contribution in [0.5, 0.6) is 0 Å². The second-order valence-corrected chi connectivity index (χ2v) is 6.70. The minimum Gasteiger partial charge on any atom is -0.452 e. The number of ether oxygens (including phenoxy) is 1. The van der Waals surface area contributed by atoms with Crippen LogP contribution in [0.3, 0.4) is 0 Å². The van der Waals surface area contributed by atoms with Gasteiger partial charge in [0.05, 0.1) is 11.4 Å². The first-order valence-electron chi connectivity index (χ1n) is 9.35. The van der Waals surface area contributed by atoms with E-state index in [0.29, 0.717) is 17.1 Å². The Hall–Kier alpha value is -3.74. The van der Waals surface area contributed by atoms with Crippen molar-refractivity contribution >= 4 is 23.6 Å². The fourth-order valence-corrected chi connectivity index (χ4v) is 2.95. The number of likely N-dealkylation sites (N-methyl/N-ethyl adjacent to an activating group) is 1. The summed E-state index contributed by atoms with van der Waals surface area (Å²) in [7, 11) is 1.62. The topological polar surface area (TPSA) is 64.4 Å². The zero-order valence-corrected chi connectivity index (χ0v) is 17.0. The number of hydrogen-bond acceptors (Lipinski definition) is 4. The molecule has 0 atom stereocenters. The molecule has 6 nitrogen and oxygen atoms in total. The Morgan fingerprint density at radius 1 is 1.10 bits per heavy atom. The fourth-order valence-electron chi connectivity index (χ4n) is 2.95. The summed E-state index contributed by atoms with van der Waals surface area (Å²) in [6.07, 6.45) is 2.87. The van der Waals surface area contributed by atoms with Crippen LogP contribution < -0.4 is 4.90 Å². The smallest absolute Gasteiger partial charge is 0.331 e. The van der Waals surface area contributed by atoms with Gasteiger partial charge in [0.15, 0.2) is 6.61 Å². The molecule has 0 saturated carbocycles. The highest BCUT2D eigenvalue weighted by molar-refractivity contribution is 5.96. The van der Waals surface area contributed by atoms with Crippen LogP contribution in [-0.4, -0.2) is 35.3 Å². The Morgan fingerprint density at radius 2 is 1.77 bits per heavy atom. The number of halogens is 1. The molecule has 0 radical (unpaired) electrons. The summed E-state index contributed by atoms with van der Waals surface area (Å²) in [5.74, 6) is -1.28. The van der Waals surface area contributed by atoms with E-state index in [4.69, 9.17) is 4.74 Å². The first-order chi connectivity index (χ1) is 14.4. The molecule has 0 aliphatic carbocycles. The molecule has 0 aliphatic heterocycles. The molecule has 0 saturated heterocycles. The monoisotopic (exact) mass is 407 g/mol. The van der Waals surface area contributed by atoms with Gasteiger partial charge in [-0.05, 0) is 56.3 Å². The van der Waals surface area contributed by atoms with Crippen molar-refractivity contribution in [3.63, 3.8) is 0 Å². The summed E-state index contributed by atoms with van der Waals surface area (Å²) < 4.78 is 19.9. The second kappa shape index (κ2) is 9.17. The molecule has 7 heteroatoms. The lowest BCUT2D eigenvalue weighted by molar-refractivity contribution is -0.142. The number of carbonyl (C=O) groups is 2. The highest BCUT2D eigenvalue weighted by Crippen LogP contribution is 2.19. The quantitative estimate of drug-likeness (QED) is 0.460. The molecule has 3 aromatic rings. The van der Waals surface area contributed by atoms with Crippen molar-refractivity contribution in [2.75, 3.05) is 18.6 Å². The van der Waals surface area contributed by atoms with Crippen LogP contribution in [0.1, 0.15) is 17.0 Å². The molecule has 0 spiro atoms. The van der Waals surface area contributed by atoms with E-state index in [1.807, 2.05) is 32.0 Å². The molecule has 0 bridgehead atoms. The average Bonchev–Trinajstić information content (AvgIpc) is 3.04. The van der Waals surface area contributed by atoms with Crippen LogP contribution in [-0.2, 0) is 14.3 Å². The van der Waals surface area contributed by atoms with Crippen LogP contribution in [0, 0.1) is 19.7 Å². The zero-order chi connectivity index (χ0) is 21.7. The maximum atomic E-state index is 13.2. The first kappa shape index (κ1) is 21.0. The summed E-state index contributed by atoms with van der Waals surface area (Å²) in [4.78, 5) is 25.7. The van der Waals surface area contributed by atoms with Gasteiger partial charge < -0.3 is 9.64 Å². The minimum atomic E-state index is -0.627. The molecule has 3 rings (SSSR count). The lowest BCUT2D eigenvalue weighted by atomic mass is 10.2. The van der Waals surface area contributed by atoms with Crippen molar-refractivity contribution in [2.24, 2.45) is 0 Å². The van der Waals surface area contributed by atoms with Gasteiger partial charge in [0, 0.05) is 30.1 Å². The number of anilines is 1. The highest BCUT2D eigenvalue weighted by atomic mass is 19.1. The standard InChI is InChI=1S/C23H22FN3O3/c1-16-21(17(2)27(25-16)20-11-9-18(24)10-12-20)13-14-23(29)30-15-22(28)26(3)19-7-5-4-6-8-19/h4-14H,15H2,1-3H3/b14-13+. The summed E-state index contributed by atoms with van der Waals surface area (Å²) >= 11 is 0. The Kier molecular flexibility index (Phi) is 6.41. The molecule has 1 amide bonds. The van der Waals surface area contributed by atoms with Crippen LogP contribution in [0.4, 0.5) is 10.1 Å². The predicted octanol–water partition coefficient (Wildman–Crippen LogP) is 3.85. The molecule has 1 heterocycles. The third-order valence-electron chi connectivity index (χ3n) is 4.66. The van der Waals surface area contributed by atoms with Gasteiger partial charge in [0.2, 0.25) is 0 Å². The number of aryl methyl sites for hydroxylation is 1. The Morgan fingerprint density at radius 3 is 2.43 bits per heavy atom. The van der Waals surface area contributed by atoms with Crippen molar-refractivity contribution in [2.45, 2.75) is 13.8 Å². The number of esters is 1. The van der Waals surface area contributed by atoms with Gasteiger partial charge in [0.1, 0.15) is 5.82 Å². The molecule has 154 valence electrons. The molecule has 2 aromatic carbocycles. The first-order valence-corrected chi connectivity index (χ1v) is 9.35. The summed E-state index contributed by atoms with van der Waals surface area (Å²) in [5.41, 5.74) is 3.69. The van der Waals surface area contributed by atoms with Gasteiger partial charge in [-0.1, -0.05) is 18.2 Å².